The number of amides is 1. The van der Waals surface area contributed by atoms with Crippen molar-refractivity contribution in [2.24, 2.45) is 5.10 Å². The van der Waals surface area contributed by atoms with Crippen LogP contribution in [0.4, 0.5) is 0 Å². The first-order chi connectivity index (χ1) is 17.0. The second-order valence-corrected chi connectivity index (χ2v) is 10.6. The zero-order valence-electron chi connectivity index (χ0n) is 19.3. The molecule has 3 aliphatic heterocycles. The van der Waals surface area contributed by atoms with Crippen LogP contribution in [0.25, 0.3) is 6.08 Å². The van der Waals surface area contributed by atoms with Crippen molar-refractivity contribution >= 4 is 46.0 Å². The van der Waals surface area contributed by atoms with Crippen LogP contribution in [0.15, 0.2) is 82.8 Å². The molecule has 0 saturated carbocycles. The van der Waals surface area contributed by atoms with Crippen LogP contribution >= 0.6 is 24.0 Å². The Bertz CT molecular complexity index is 1400. The number of aryl methyl sites for hydroxylation is 1. The first-order valence-corrected chi connectivity index (χ1v) is 12.7. The van der Waals surface area contributed by atoms with E-state index >= 15 is 0 Å². The second-order valence-electron chi connectivity index (χ2n) is 8.93. The highest BCUT2D eigenvalue weighted by Gasteiger charge is 2.40. The molecule has 0 aliphatic carbocycles. The average Bonchev–Trinajstić information content (AvgIpc) is 3.42. The highest BCUT2D eigenvalue weighted by molar-refractivity contribution is 8.26. The van der Waals surface area contributed by atoms with E-state index in [0.717, 1.165) is 40.1 Å². The summed E-state index contributed by atoms with van der Waals surface area (Å²) >= 11 is 6.57. The summed E-state index contributed by atoms with van der Waals surface area (Å²) in [6, 6.07) is 25.0. The predicted molar refractivity (Wildman–Crippen MR) is 144 cm³/mol. The number of rotatable bonds is 3. The summed E-state index contributed by atoms with van der Waals surface area (Å²) in [6.45, 7) is 2.09. The largest absolute Gasteiger partial charge is 0.464 e. The molecule has 2 atom stereocenters. The number of ether oxygens (including phenoxy) is 1. The molecular formula is C28H23N3O2S2. The molecule has 1 saturated heterocycles. The Morgan fingerprint density at radius 1 is 1.06 bits per heavy atom. The van der Waals surface area contributed by atoms with Gasteiger partial charge in [-0.3, -0.25) is 9.69 Å². The van der Waals surface area contributed by atoms with Crippen LogP contribution in [0, 0.1) is 6.92 Å². The first kappa shape index (κ1) is 22.1. The van der Waals surface area contributed by atoms with Crippen LogP contribution in [0.1, 0.15) is 46.5 Å². The normalized spacial score (nSPS) is 22.2. The van der Waals surface area contributed by atoms with E-state index < -0.39 is 0 Å². The SMILES string of the molecule is Cc1ccc(C2=NN3C(C2)c2ccccc2OC3c2ccc(/C=C3\SC(=S)N(C)C3=O)cc2)cc1. The topological polar surface area (TPSA) is 45.1 Å². The number of carbonyl (C=O) groups excluding carboxylic acids is 1. The fraction of sp³-hybridized carbons (Fsp3) is 0.179. The van der Waals surface area contributed by atoms with Gasteiger partial charge >= 0.3 is 0 Å². The van der Waals surface area contributed by atoms with Gasteiger partial charge in [-0.2, -0.15) is 5.10 Å². The van der Waals surface area contributed by atoms with Gasteiger partial charge in [0.15, 0.2) is 0 Å². The number of thioether (sulfide) groups is 1. The molecule has 0 N–H and O–H groups in total. The van der Waals surface area contributed by atoms with E-state index in [-0.39, 0.29) is 18.2 Å². The van der Waals surface area contributed by atoms with E-state index in [4.69, 9.17) is 22.1 Å². The number of hydrogen-bond donors (Lipinski definition) is 0. The summed E-state index contributed by atoms with van der Waals surface area (Å²) in [6.07, 6.45) is 2.38. The van der Waals surface area contributed by atoms with E-state index in [1.807, 2.05) is 42.5 Å². The minimum absolute atomic E-state index is 0.0609. The van der Waals surface area contributed by atoms with Crippen molar-refractivity contribution in [3.8, 4) is 5.75 Å². The van der Waals surface area contributed by atoms with E-state index in [2.05, 4.69) is 48.3 Å². The molecule has 0 spiro atoms. The lowest BCUT2D eigenvalue weighted by molar-refractivity contribution is -0.121. The lowest BCUT2D eigenvalue weighted by Crippen LogP contribution is -2.33. The van der Waals surface area contributed by atoms with Crippen molar-refractivity contribution in [2.75, 3.05) is 7.05 Å². The fourth-order valence-electron chi connectivity index (χ4n) is 4.63. The molecule has 1 amide bonds. The van der Waals surface area contributed by atoms with E-state index in [1.54, 1.807) is 7.05 Å². The van der Waals surface area contributed by atoms with Crippen LogP contribution in [-0.4, -0.2) is 32.9 Å². The van der Waals surface area contributed by atoms with Crippen molar-refractivity contribution in [3.63, 3.8) is 0 Å². The number of nitrogens with zero attached hydrogens (tertiary/aromatic N) is 3. The molecule has 174 valence electrons. The van der Waals surface area contributed by atoms with Crippen LogP contribution in [0.2, 0.25) is 0 Å². The third kappa shape index (κ3) is 3.94. The van der Waals surface area contributed by atoms with Gasteiger partial charge in [-0.15, -0.1) is 0 Å². The van der Waals surface area contributed by atoms with Crippen molar-refractivity contribution in [1.29, 1.82) is 0 Å². The number of benzene rings is 3. The minimum atomic E-state index is -0.333. The number of hydrazone groups is 1. The van der Waals surface area contributed by atoms with Crippen LogP contribution in [-0.2, 0) is 4.79 Å². The second kappa shape index (κ2) is 8.66. The molecule has 0 radical (unpaired) electrons. The Morgan fingerprint density at radius 2 is 1.80 bits per heavy atom. The number of thiocarbonyl (C=S) groups is 1. The molecule has 3 heterocycles. The third-order valence-corrected chi connectivity index (χ3v) is 8.07. The Morgan fingerprint density at radius 3 is 2.51 bits per heavy atom. The molecule has 5 nitrogen and oxygen atoms in total. The van der Waals surface area contributed by atoms with Gasteiger partial charge in [-0.1, -0.05) is 96.3 Å². The van der Waals surface area contributed by atoms with Gasteiger partial charge in [-0.25, -0.2) is 5.01 Å². The quantitative estimate of drug-likeness (QED) is 0.325. The van der Waals surface area contributed by atoms with Crippen molar-refractivity contribution in [2.45, 2.75) is 25.6 Å². The zero-order chi connectivity index (χ0) is 24.1. The molecule has 2 unspecified atom stereocenters. The molecule has 0 bridgehead atoms. The molecule has 3 aromatic carbocycles. The maximum absolute atomic E-state index is 12.4. The maximum atomic E-state index is 12.4. The van der Waals surface area contributed by atoms with Gasteiger partial charge in [0.2, 0.25) is 6.23 Å². The first-order valence-electron chi connectivity index (χ1n) is 11.5. The molecule has 3 aliphatic rings. The lowest BCUT2D eigenvalue weighted by Gasteiger charge is -2.38. The highest BCUT2D eigenvalue weighted by Crippen LogP contribution is 2.47. The summed E-state index contributed by atoms with van der Waals surface area (Å²) in [7, 11) is 1.71. The van der Waals surface area contributed by atoms with Gasteiger partial charge in [0.05, 0.1) is 16.7 Å². The van der Waals surface area contributed by atoms with Crippen molar-refractivity contribution < 1.29 is 9.53 Å². The van der Waals surface area contributed by atoms with Gasteiger partial charge < -0.3 is 4.74 Å². The molecular weight excluding hydrogens is 474 g/mol. The zero-order valence-corrected chi connectivity index (χ0v) is 21.0. The van der Waals surface area contributed by atoms with Crippen molar-refractivity contribution in [3.05, 3.63) is 106 Å². The van der Waals surface area contributed by atoms with Gasteiger partial charge in [0.25, 0.3) is 5.91 Å². The highest BCUT2D eigenvalue weighted by atomic mass is 32.2. The molecule has 1 fully saturated rings. The average molecular weight is 498 g/mol. The predicted octanol–water partition coefficient (Wildman–Crippen LogP) is 6.07. The molecule has 3 aromatic rings. The van der Waals surface area contributed by atoms with E-state index in [9.17, 15) is 4.79 Å². The summed E-state index contributed by atoms with van der Waals surface area (Å²) in [5.74, 6) is 0.837. The third-order valence-electron chi connectivity index (χ3n) is 6.59. The van der Waals surface area contributed by atoms with Crippen molar-refractivity contribution in [1.82, 2.24) is 9.91 Å². The number of fused-ring (bicyclic) bond motifs is 3. The Labute approximate surface area is 214 Å². The summed E-state index contributed by atoms with van der Waals surface area (Å²) in [5, 5.41) is 7.14. The van der Waals surface area contributed by atoms with Gasteiger partial charge in [-0.05, 0) is 30.2 Å². The lowest BCUT2D eigenvalue weighted by atomic mass is 9.95. The van der Waals surface area contributed by atoms with Gasteiger partial charge in [0.1, 0.15) is 10.1 Å². The number of para-hydroxylation sites is 1. The Kier molecular flexibility index (Phi) is 5.46. The minimum Gasteiger partial charge on any atom is -0.464 e. The van der Waals surface area contributed by atoms with Crippen LogP contribution in [0.3, 0.4) is 0 Å². The van der Waals surface area contributed by atoms with E-state index in [1.165, 1.54) is 22.2 Å². The number of carbonyl (C=O) groups is 1. The number of hydrogen-bond acceptors (Lipinski definition) is 6. The van der Waals surface area contributed by atoms with Crippen LogP contribution < -0.4 is 4.74 Å². The van der Waals surface area contributed by atoms with Gasteiger partial charge in [0, 0.05) is 24.6 Å². The number of likely N-dealkylation sites (N-methyl/N-ethyl adjacent to an activating group) is 1. The smallest absolute Gasteiger partial charge is 0.265 e. The maximum Gasteiger partial charge on any atom is 0.265 e. The molecule has 35 heavy (non-hydrogen) atoms. The Balaban J connectivity index is 1.33. The summed E-state index contributed by atoms with van der Waals surface area (Å²) in [4.78, 5) is 14.5. The molecule has 6 rings (SSSR count). The Hall–Kier alpha value is -3.42. The van der Waals surface area contributed by atoms with Crippen LogP contribution in [0.5, 0.6) is 5.75 Å². The summed E-state index contributed by atoms with van der Waals surface area (Å²) < 4.78 is 7.05. The van der Waals surface area contributed by atoms with E-state index in [0.29, 0.717) is 9.23 Å². The fourth-order valence-corrected chi connectivity index (χ4v) is 5.81. The molecule has 7 heteroatoms. The summed E-state index contributed by atoms with van der Waals surface area (Å²) in [5.41, 5.74) is 6.56. The standard InChI is InChI=1S/C28H23N3O2S2/c1-17-7-11-19(12-8-17)22-16-23-21-5-3-4-6-24(21)33-27(31(23)29-22)20-13-9-18(10-14-20)15-25-26(32)30(2)28(34)35-25/h3-15,23,27H,16H2,1-2H3/b25-15-. The molecule has 0 aromatic heterocycles. The monoisotopic (exact) mass is 497 g/mol.